The Bertz CT molecular complexity index is 615. The van der Waals surface area contributed by atoms with E-state index in [9.17, 15) is 4.79 Å². The summed E-state index contributed by atoms with van der Waals surface area (Å²) in [6, 6.07) is 5.26. The maximum Gasteiger partial charge on any atom is 0.494 e. The molecule has 0 aromatic heterocycles. The number of rotatable bonds is 3. The van der Waals surface area contributed by atoms with Crippen molar-refractivity contribution in [3.05, 3.63) is 23.8 Å². The lowest BCUT2D eigenvalue weighted by atomic mass is 9.78. The lowest BCUT2D eigenvalue weighted by molar-refractivity contribution is 0.00578. The predicted octanol–water partition coefficient (Wildman–Crippen LogP) is 2.95. The first-order chi connectivity index (χ1) is 10.9. The second kappa shape index (κ2) is 6.08. The van der Waals surface area contributed by atoms with Crippen LogP contribution in [0.3, 0.4) is 0 Å². The molecule has 2 rings (SSSR count). The van der Waals surface area contributed by atoms with Crippen LogP contribution in [0.2, 0.25) is 0 Å². The van der Waals surface area contributed by atoms with E-state index in [2.05, 4.69) is 0 Å². The Balaban J connectivity index is 2.29. The van der Waals surface area contributed by atoms with Crippen LogP contribution in [-0.4, -0.2) is 37.0 Å². The van der Waals surface area contributed by atoms with Crippen LogP contribution in [0.5, 0.6) is 5.75 Å². The van der Waals surface area contributed by atoms with Gasteiger partial charge in [-0.25, -0.2) is 4.79 Å². The highest BCUT2D eigenvalue weighted by Crippen LogP contribution is 2.36. The zero-order valence-corrected chi connectivity index (χ0v) is 15.9. The van der Waals surface area contributed by atoms with Crippen LogP contribution in [-0.2, 0) is 14.0 Å². The molecule has 5 nitrogen and oxygen atoms in total. The first-order valence-corrected chi connectivity index (χ1v) is 8.13. The summed E-state index contributed by atoms with van der Waals surface area (Å²) < 4.78 is 22.9. The van der Waals surface area contributed by atoms with E-state index >= 15 is 0 Å². The Kier molecular flexibility index (Phi) is 4.77. The quantitative estimate of drug-likeness (QED) is 0.628. The van der Waals surface area contributed by atoms with E-state index in [0.717, 1.165) is 5.46 Å². The molecule has 0 spiro atoms. The topological polar surface area (TPSA) is 54.0 Å². The molecule has 1 aliphatic heterocycles. The van der Waals surface area contributed by atoms with Gasteiger partial charge in [-0.2, -0.15) is 0 Å². The van der Waals surface area contributed by atoms with Crippen molar-refractivity contribution in [3.8, 4) is 5.75 Å². The van der Waals surface area contributed by atoms with Gasteiger partial charge >= 0.3 is 13.1 Å². The minimum atomic E-state index is -0.563. The second-order valence-electron chi connectivity index (χ2n) is 8.05. The van der Waals surface area contributed by atoms with Gasteiger partial charge in [0.2, 0.25) is 0 Å². The maximum atomic E-state index is 12.3. The number of benzene rings is 1. The molecule has 1 saturated heterocycles. The van der Waals surface area contributed by atoms with Gasteiger partial charge in [0.1, 0.15) is 16.9 Å². The molecule has 0 radical (unpaired) electrons. The summed E-state index contributed by atoms with van der Waals surface area (Å²) >= 11 is 0. The zero-order valence-electron chi connectivity index (χ0n) is 15.9. The highest BCUT2D eigenvalue weighted by atomic mass is 16.7. The summed E-state index contributed by atoms with van der Waals surface area (Å²) in [5.74, 6) is 0.0243. The fraction of sp³-hybridized carbons (Fsp3) is 0.611. The van der Waals surface area contributed by atoms with Gasteiger partial charge in [0.25, 0.3) is 0 Å². The molecule has 1 aliphatic rings. The lowest BCUT2D eigenvalue weighted by Crippen LogP contribution is -2.41. The fourth-order valence-corrected chi connectivity index (χ4v) is 2.34. The van der Waals surface area contributed by atoms with Gasteiger partial charge in [-0.05, 0) is 66.1 Å². The van der Waals surface area contributed by atoms with Gasteiger partial charge in [0.05, 0.1) is 18.3 Å². The molecule has 1 aromatic rings. The molecule has 6 heteroatoms. The first kappa shape index (κ1) is 18.8. The van der Waals surface area contributed by atoms with E-state index in [1.807, 2.05) is 54.5 Å². The van der Waals surface area contributed by atoms with Gasteiger partial charge < -0.3 is 18.8 Å². The molecule has 1 heterocycles. The normalized spacial score (nSPS) is 19.2. The molecule has 0 N–H and O–H groups in total. The van der Waals surface area contributed by atoms with Gasteiger partial charge in [-0.1, -0.05) is 6.07 Å². The van der Waals surface area contributed by atoms with E-state index < -0.39 is 29.9 Å². The van der Waals surface area contributed by atoms with Crippen LogP contribution < -0.4 is 10.2 Å². The van der Waals surface area contributed by atoms with Crippen molar-refractivity contribution in [3.63, 3.8) is 0 Å². The Morgan fingerprint density at radius 1 is 1.08 bits per heavy atom. The number of methoxy groups -OCH3 is 1. The fourth-order valence-electron chi connectivity index (χ4n) is 2.34. The smallest absolute Gasteiger partial charge is 0.494 e. The standard InChI is InChI=1S/C18H27BO5/c1-16(2,3)22-15(20)13-10-9-12(11-14(13)21-8)19-23-17(4,5)18(6,7)24-19/h9-11H,1-8H3. The van der Waals surface area contributed by atoms with Gasteiger partial charge in [-0.3, -0.25) is 0 Å². The summed E-state index contributed by atoms with van der Waals surface area (Å²) in [6.45, 7) is 13.5. The molecule has 0 bridgehead atoms. The summed E-state index contributed by atoms with van der Waals surface area (Å²) in [4.78, 5) is 12.3. The number of ether oxygens (including phenoxy) is 2. The zero-order chi connectivity index (χ0) is 18.3. The SMILES string of the molecule is COc1cc(B2OC(C)(C)C(C)(C)O2)ccc1C(=O)OC(C)(C)C. The van der Waals surface area contributed by atoms with Crippen molar-refractivity contribution < 1.29 is 23.6 Å². The minimum Gasteiger partial charge on any atom is -0.496 e. The van der Waals surface area contributed by atoms with Crippen LogP contribution in [0.1, 0.15) is 58.8 Å². The molecule has 1 fully saturated rings. The van der Waals surface area contributed by atoms with Crippen LogP contribution in [0, 0.1) is 0 Å². The molecule has 0 atom stereocenters. The minimum absolute atomic E-state index is 0.382. The molecule has 0 amide bonds. The van der Waals surface area contributed by atoms with Crippen molar-refractivity contribution in [2.45, 2.75) is 65.3 Å². The molecule has 1 aromatic carbocycles. The number of esters is 1. The monoisotopic (exact) mass is 334 g/mol. The first-order valence-electron chi connectivity index (χ1n) is 8.13. The van der Waals surface area contributed by atoms with Crippen molar-refractivity contribution in [2.24, 2.45) is 0 Å². The lowest BCUT2D eigenvalue weighted by Gasteiger charge is -2.32. The largest absolute Gasteiger partial charge is 0.496 e. The Labute approximate surface area is 144 Å². The number of hydrogen-bond donors (Lipinski definition) is 0. The average Bonchev–Trinajstić information content (AvgIpc) is 2.65. The van der Waals surface area contributed by atoms with Crippen LogP contribution in [0.25, 0.3) is 0 Å². The molecule has 0 aliphatic carbocycles. The third-order valence-corrected chi connectivity index (χ3v) is 4.37. The van der Waals surface area contributed by atoms with Crippen molar-refractivity contribution >= 4 is 18.6 Å². The molecule has 24 heavy (non-hydrogen) atoms. The molecule has 0 saturated carbocycles. The van der Waals surface area contributed by atoms with Crippen LogP contribution >= 0.6 is 0 Å². The Hall–Kier alpha value is -1.53. The maximum absolute atomic E-state index is 12.3. The van der Waals surface area contributed by atoms with Crippen LogP contribution in [0.15, 0.2) is 18.2 Å². The average molecular weight is 334 g/mol. The number of carbonyl (C=O) groups is 1. The highest BCUT2D eigenvalue weighted by Gasteiger charge is 2.51. The van der Waals surface area contributed by atoms with Gasteiger partial charge in [-0.15, -0.1) is 0 Å². The number of hydrogen-bond acceptors (Lipinski definition) is 5. The molecule has 0 unspecified atom stereocenters. The van der Waals surface area contributed by atoms with E-state index in [1.165, 1.54) is 7.11 Å². The predicted molar refractivity (Wildman–Crippen MR) is 93.9 cm³/mol. The summed E-state index contributed by atoms with van der Waals surface area (Å²) in [5, 5.41) is 0. The summed E-state index contributed by atoms with van der Waals surface area (Å²) in [7, 11) is 1.02. The molecular formula is C18H27BO5. The molecule has 132 valence electrons. The van der Waals surface area contributed by atoms with E-state index in [-0.39, 0.29) is 0 Å². The summed E-state index contributed by atoms with van der Waals surface area (Å²) in [5.41, 5.74) is -0.221. The van der Waals surface area contributed by atoms with E-state index in [0.29, 0.717) is 11.3 Å². The third-order valence-electron chi connectivity index (χ3n) is 4.37. The van der Waals surface area contributed by atoms with Crippen LogP contribution in [0.4, 0.5) is 0 Å². The highest BCUT2D eigenvalue weighted by molar-refractivity contribution is 6.62. The van der Waals surface area contributed by atoms with Gasteiger partial charge in [0.15, 0.2) is 0 Å². The third kappa shape index (κ3) is 3.76. The molecular weight excluding hydrogens is 307 g/mol. The summed E-state index contributed by atoms with van der Waals surface area (Å²) in [6.07, 6.45) is 0. The Morgan fingerprint density at radius 2 is 1.62 bits per heavy atom. The van der Waals surface area contributed by atoms with E-state index in [4.69, 9.17) is 18.8 Å². The van der Waals surface area contributed by atoms with E-state index in [1.54, 1.807) is 12.1 Å². The van der Waals surface area contributed by atoms with Gasteiger partial charge in [0, 0.05) is 0 Å². The second-order valence-corrected chi connectivity index (χ2v) is 8.05. The Morgan fingerprint density at radius 3 is 2.08 bits per heavy atom. The number of carbonyl (C=O) groups excluding carboxylic acids is 1. The van der Waals surface area contributed by atoms with Crippen molar-refractivity contribution in [1.29, 1.82) is 0 Å². The van der Waals surface area contributed by atoms with Crippen molar-refractivity contribution in [1.82, 2.24) is 0 Å². The van der Waals surface area contributed by atoms with Crippen molar-refractivity contribution in [2.75, 3.05) is 7.11 Å².